The fraction of sp³-hybridized carbons (Fsp3) is 0.250. The number of piperazine rings is 1. The smallest absolute Gasteiger partial charge is 0.324 e. The van der Waals surface area contributed by atoms with Gasteiger partial charge in [0.25, 0.3) is 0 Å². The van der Waals surface area contributed by atoms with Gasteiger partial charge in [-0.3, -0.25) is 20.0 Å². The summed E-state index contributed by atoms with van der Waals surface area (Å²) in [4.78, 5) is 36.7. The van der Waals surface area contributed by atoms with Crippen LogP contribution in [0, 0.1) is 0 Å². The van der Waals surface area contributed by atoms with Crippen molar-refractivity contribution in [1.29, 1.82) is 0 Å². The van der Waals surface area contributed by atoms with E-state index < -0.39 is 18.2 Å². The van der Waals surface area contributed by atoms with Gasteiger partial charge in [0, 0.05) is 47.9 Å². The van der Waals surface area contributed by atoms with Crippen molar-refractivity contribution in [3.63, 3.8) is 0 Å². The molecule has 3 unspecified atom stereocenters. The highest BCUT2D eigenvalue weighted by Crippen LogP contribution is 2.37. The second kappa shape index (κ2) is 13.3. The molecule has 1 aromatic heterocycles. The van der Waals surface area contributed by atoms with E-state index in [0.717, 1.165) is 28.9 Å². The summed E-state index contributed by atoms with van der Waals surface area (Å²) in [7, 11) is 0. The maximum absolute atomic E-state index is 13.1. The van der Waals surface area contributed by atoms with Gasteiger partial charge < -0.3 is 26.0 Å². The molecule has 1 saturated heterocycles. The van der Waals surface area contributed by atoms with Crippen LogP contribution in [0.5, 0.6) is 0 Å². The molecule has 1 amide bonds. The first-order chi connectivity index (χ1) is 21.9. The fourth-order valence-electron chi connectivity index (χ4n) is 5.48. The van der Waals surface area contributed by atoms with Gasteiger partial charge in [-0.15, -0.1) is 11.8 Å². The van der Waals surface area contributed by atoms with Crippen molar-refractivity contribution in [3.05, 3.63) is 84.5 Å². The molecule has 7 rings (SSSR count). The summed E-state index contributed by atoms with van der Waals surface area (Å²) in [5.74, 6) is -0.461. The third-order valence-corrected chi connectivity index (χ3v) is 9.14. The number of aromatic nitrogens is 2. The Kier molecular flexibility index (Phi) is 9.08. The molecule has 3 aromatic carbocycles. The number of hydrazine groups is 1. The zero-order valence-electron chi connectivity index (χ0n) is 24.6. The summed E-state index contributed by atoms with van der Waals surface area (Å²) in [6.45, 7) is 5.52. The molecule has 0 spiro atoms. The number of carbonyl (C=O) groups is 2. The molecule has 3 aliphatic heterocycles. The van der Waals surface area contributed by atoms with Gasteiger partial charge in [0.15, 0.2) is 6.23 Å². The lowest BCUT2D eigenvalue weighted by atomic mass is 10.0. The molecule has 3 atom stereocenters. The monoisotopic (exact) mass is 644 g/mol. The Morgan fingerprint density at radius 3 is 2.69 bits per heavy atom. The van der Waals surface area contributed by atoms with E-state index in [0.29, 0.717) is 47.2 Å². The van der Waals surface area contributed by atoms with E-state index in [1.54, 1.807) is 24.0 Å². The molecule has 232 valence electrons. The van der Waals surface area contributed by atoms with Crippen molar-refractivity contribution in [2.45, 2.75) is 24.1 Å². The minimum Gasteiger partial charge on any atom is -0.439 e. The fourth-order valence-corrected chi connectivity index (χ4v) is 6.54. The van der Waals surface area contributed by atoms with Crippen LogP contribution in [-0.4, -0.2) is 65.4 Å². The number of ether oxygens (including phenoxy) is 1. The van der Waals surface area contributed by atoms with Crippen LogP contribution in [0.4, 0.5) is 23.0 Å². The summed E-state index contributed by atoms with van der Waals surface area (Å²) >= 11 is 8.33. The van der Waals surface area contributed by atoms with Gasteiger partial charge in [-0.1, -0.05) is 48.5 Å². The summed E-state index contributed by atoms with van der Waals surface area (Å²) in [6, 6.07) is 18.4. The third-order valence-electron chi connectivity index (χ3n) is 7.79. The first kappa shape index (κ1) is 30.7. The number of benzene rings is 3. The van der Waals surface area contributed by atoms with Crippen LogP contribution in [0.25, 0.3) is 22.0 Å². The summed E-state index contributed by atoms with van der Waals surface area (Å²) in [6.07, 6.45) is 4.78. The topological polar surface area (TPSA) is 138 Å². The van der Waals surface area contributed by atoms with Gasteiger partial charge in [0.1, 0.15) is 6.04 Å². The maximum Gasteiger partial charge on any atom is 0.324 e. The predicted octanol–water partition coefficient (Wildman–Crippen LogP) is 4.61. The molecule has 5 N–H and O–H groups in total. The molecular weight excluding hydrogens is 612 g/mol. The summed E-state index contributed by atoms with van der Waals surface area (Å²) in [5.41, 5.74) is 14.2. The Bertz CT molecular complexity index is 1740. The molecule has 3 aliphatic rings. The largest absolute Gasteiger partial charge is 0.439 e. The van der Waals surface area contributed by atoms with Gasteiger partial charge in [-0.25, -0.2) is 9.97 Å². The number of esters is 1. The molecule has 4 aromatic rings. The summed E-state index contributed by atoms with van der Waals surface area (Å²) < 4.78 is 5.88. The van der Waals surface area contributed by atoms with Crippen molar-refractivity contribution < 1.29 is 14.3 Å². The Balaban J connectivity index is 1.38. The minimum atomic E-state index is -0.841. The Morgan fingerprint density at radius 1 is 1.16 bits per heavy atom. The van der Waals surface area contributed by atoms with Crippen molar-refractivity contribution in [1.82, 2.24) is 15.3 Å². The Labute approximate surface area is 270 Å². The second-order valence-corrected chi connectivity index (χ2v) is 12.0. The van der Waals surface area contributed by atoms with Crippen LogP contribution >= 0.6 is 23.4 Å². The number of thioether (sulfide) groups is 1. The number of nitrogens with two attached hydrogens (primary N) is 1. The first-order valence-electron chi connectivity index (χ1n) is 14.5. The van der Waals surface area contributed by atoms with E-state index >= 15 is 0 Å². The number of hydrogen-bond donors (Lipinski definition) is 4. The SMILES string of the molecule is C=CC(=O)Nc1cccc(-c2cccc3cnc(NN4c5ccc(cc5)N5CCNCC5OC(=O)C(N)CC4SC)nc23)c1Cl. The van der Waals surface area contributed by atoms with E-state index in [-0.39, 0.29) is 11.3 Å². The number of amides is 1. The molecule has 0 aliphatic carbocycles. The van der Waals surface area contributed by atoms with Crippen molar-refractivity contribution in [2.24, 2.45) is 5.73 Å². The highest BCUT2D eigenvalue weighted by molar-refractivity contribution is 7.99. The molecule has 2 bridgehead atoms. The lowest BCUT2D eigenvalue weighted by Crippen LogP contribution is -2.55. The molecule has 0 radical (unpaired) electrons. The van der Waals surface area contributed by atoms with Crippen LogP contribution < -0.4 is 31.7 Å². The molecule has 11 nitrogen and oxygen atoms in total. The van der Waals surface area contributed by atoms with Gasteiger partial charge in [0.05, 0.1) is 33.8 Å². The number of nitrogens with one attached hydrogen (secondary N) is 3. The van der Waals surface area contributed by atoms with Crippen LogP contribution in [0.2, 0.25) is 5.02 Å². The zero-order chi connectivity index (χ0) is 31.5. The third kappa shape index (κ3) is 6.40. The van der Waals surface area contributed by atoms with E-state index in [1.807, 2.05) is 65.9 Å². The Hall–Kier alpha value is -4.36. The standard InChI is InChI=1S/C32H33ClN8O3S/c1-3-26(42)37-25-9-5-7-22(29(25)33)23-8-4-6-19-17-36-32(38-30(19)23)39-41-21-12-10-20(11-13-21)40-15-14-35-18-27(40)44-31(43)24(34)16-28(41)45-2/h3-13,17,24,27-28,35H,1,14-16,18,34H2,2H3,(H,37,42)(H,36,38,39). The zero-order valence-corrected chi connectivity index (χ0v) is 26.1. The highest BCUT2D eigenvalue weighted by Gasteiger charge is 2.32. The lowest BCUT2D eigenvalue weighted by molar-refractivity contribution is -0.151. The summed E-state index contributed by atoms with van der Waals surface area (Å²) in [5, 5.41) is 8.90. The van der Waals surface area contributed by atoms with Crippen molar-refractivity contribution in [2.75, 3.05) is 46.5 Å². The van der Waals surface area contributed by atoms with Crippen LogP contribution in [0.15, 0.2) is 79.5 Å². The minimum absolute atomic E-state index is 0.271. The van der Waals surface area contributed by atoms with Gasteiger partial charge >= 0.3 is 5.97 Å². The first-order valence-corrected chi connectivity index (χ1v) is 16.1. The number of anilines is 4. The quantitative estimate of drug-likeness (QED) is 0.173. The number of nitrogens with zero attached hydrogens (tertiary/aromatic N) is 4. The van der Waals surface area contributed by atoms with Gasteiger partial charge in [-0.05, 0) is 42.7 Å². The number of halogens is 1. The normalized spacial score (nSPS) is 20.1. The van der Waals surface area contributed by atoms with Crippen LogP contribution in [0.1, 0.15) is 6.42 Å². The molecule has 4 heterocycles. The van der Waals surface area contributed by atoms with Gasteiger partial charge in [-0.2, -0.15) is 0 Å². The average Bonchev–Trinajstić information content (AvgIpc) is 3.06. The second-order valence-electron chi connectivity index (χ2n) is 10.6. The van der Waals surface area contributed by atoms with Crippen LogP contribution in [0.3, 0.4) is 0 Å². The molecular formula is C32H33ClN8O3S. The molecule has 45 heavy (non-hydrogen) atoms. The van der Waals surface area contributed by atoms with E-state index in [9.17, 15) is 9.59 Å². The average molecular weight is 645 g/mol. The van der Waals surface area contributed by atoms with Crippen molar-refractivity contribution >= 4 is 69.2 Å². The number of fused-ring (bicyclic) bond motifs is 8. The number of hydrogen-bond acceptors (Lipinski definition) is 11. The van der Waals surface area contributed by atoms with Gasteiger partial charge in [0.2, 0.25) is 11.9 Å². The Morgan fingerprint density at radius 2 is 1.91 bits per heavy atom. The predicted molar refractivity (Wildman–Crippen MR) is 181 cm³/mol. The lowest BCUT2D eigenvalue weighted by Gasteiger charge is -2.39. The number of carbonyl (C=O) groups excluding carboxylic acids is 2. The van der Waals surface area contributed by atoms with E-state index in [4.69, 9.17) is 27.1 Å². The van der Waals surface area contributed by atoms with Crippen molar-refractivity contribution in [3.8, 4) is 11.1 Å². The highest BCUT2D eigenvalue weighted by atomic mass is 35.5. The molecule has 1 fully saturated rings. The number of rotatable bonds is 6. The number of para-hydroxylation sites is 1. The molecule has 13 heteroatoms. The van der Waals surface area contributed by atoms with E-state index in [2.05, 4.69) is 32.5 Å². The maximum atomic E-state index is 13.1. The van der Waals surface area contributed by atoms with E-state index in [1.165, 1.54) is 6.08 Å². The van der Waals surface area contributed by atoms with Crippen LogP contribution in [-0.2, 0) is 14.3 Å². The molecule has 0 saturated carbocycles.